The van der Waals surface area contributed by atoms with Crippen molar-refractivity contribution in [3.63, 3.8) is 0 Å². The Morgan fingerprint density at radius 3 is 2.41 bits per heavy atom. The zero-order valence-electron chi connectivity index (χ0n) is 15.1. The van der Waals surface area contributed by atoms with Crippen molar-refractivity contribution in [3.8, 4) is 5.75 Å². The van der Waals surface area contributed by atoms with E-state index >= 15 is 0 Å². The van der Waals surface area contributed by atoms with Gasteiger partial charge in [-0.1, -0.05) is 46.8 Å². The van der Waals surface area contributed by atoms with Gasteiger partial charge in [-0.3, -0.25) is 0 Å². The second kappa shape index (κ2) is 7.04. The van der Waals surface area contributed by atoms with E-state index in [0.717, 1.165) is 31.6 Å². The number of hydrogen-bond acceptors (Lipinski definition) is 2. The maximum Gasteiger partial charge on any atom is 0.123 e. The molecule has 1 aromatic carbocycles. The first kappa shape index (κ1) is 17.3. The van der Waals surface area contributed by atoms with Gasteiger partial charge in [0.05, 0.1) is 18.8 Å². The van der Waals surface area contributed by atoms with Gasteiger partial charge < -0.3 is 9.47 Å². The van der Waals surface area contributed by atoms with Gasteiger partial charge in [0.2, 0.25) is 0 Å². The van der Waals surface area contributed by atoms with Gasteiger partial charge in [0, 0.05) is 0 Å². The SMILES string of the molecule is CCCOc1ccc(C(CC)CC2OC2C)cc1C(C)(C)C. The lowest BCUT2D eigenvalue weighted by Crippen LogP contribution is -2.15. The third-order valence-electron chi connectivity index (χ3n) is 4.59. The molecule has 2 heteroatoms. The van der Waals surface area contributed by atoms with Gasteiger partial charge in [-0.05, 0) is 54.7 Å². The number of epoxide rings is 1. The highest BCUT2D eigenvalue weighted by atomic mass is 16.6. The predicted octanol–water partition coefficient (Wildman–Crippen LogP) is 5.44. The van der Waals surface area contributed by atoms with Crippen molar-refractivity contribution >= 4 is 0 Å². The molecule has 0 saturated carbocycles. The third kappa shape index (κ3) is 4.25. The molecule has 0 bridgehead atoms. The van der Waals surface area contributed by atoms with Crippen LogP contribution >= 0.6 is 0 Å². The minimum absolute atomic E-state index is 0.0980. The molecule has 1 aromatic rings. The van der Waals surface area contributed by atoms with E-state index in [0.29, 0.717) is 18.1 Å². The van der Waals surface area contributed by atoms with Gasteiger partial charge in [-0.25, -0.2) is 0 Å². The van der Waals surface area contributed by atoms with E-state index in [9.17, 15) is 0 Å². The molecule has 1 aliphatic heterocycles. The van der Waals surface area contributed by atoms with Crippen molar-refractivity contribution in [1.29, 1.82) is 0 Å². The van der Waals surface area contributed by atoms with Crippen LogP contribution in [0.5, 0.6) is 5.75 Å². The molecule has 2 rings (SSSR count). The lowest BCUT2D eigenvalue weighted by Gasteiger charge is -2.25. The minimum atomic E-state index is 0.0980. The monoisotopic (exact) mass is 304 g/mol. The largest absolute Gasteiger partial charge is 0.493 e. The Labute approximate surface area is 136 Å². The molecule has 0 amide bonds. The number of benzene rings is 1. The fourth-order valence-electron chi connectivity index (χ4n) is 3.02. The molecule has 0 aromatic heterocycles. The molecule has 0 spiro atoms. The van der Waals surface area contributed by atoms with Crippen LogP contribution in [0.15, 0.2) is 18.2 Å². The van der Waals surface area contributed by atoms with E-state index in [1.54, 1.807) is 0 Å². The third-order valence-corrected chi connectivity index (χ3v) is 4.59. The van der Waals surface area contributed by atoms with Crippen LogP contribution in [0.4, 0.5) is 0 Å². The zero-order chi connectivity index (χ0) is 16.3. The van der Waals surface area contributed by atoms with Crippen LogP contribution in [0, 0.1) is 0 Å². The van der Waals surface area contributed by atoms with E-state index in [1.165, 1.54) is 11.1 Å². The summed E-state index contributed by atoms with van der Waals surface area (Å²) >= 11 is 0. The second-order valence-electron chi connectivity index (χ2n) is 7.57. The second-order valence-corrected chi connectivity index (χ2v) is 7.57. The molecule has 0 radical (unpaired) electrons. The normalized spacial score (nSPS) is 22.5. The Morgan fingerprint density at radius 1 is 1.23 bits per heavy atom. The van der Waals surface area contributed by atoms with Crippen molar-refractivity contribution in [2.45, 2.75) is 84.3 Å². The average Bonchev–Trinajstić information content (AvgIpc) is 3.17. The van der Waals surface area contributed by atoms with Gasteiger partial charge in [-0.15, -0.1) is 0 Å². The van der Waals surface area contributed by atoms with Crippen molar-refractivity contribution in [3.05, 3.63) is 29.3 Å². The summed E-state index contributed by atoms with van der Waals surface area (Å²) in [4.78, 5) is 0. The Balaban J connectivity index is 2.24. The lowest BCUT2D eigenvalue weighted by molar-refractivity contribution is 0.308. The molecule has 2 nitrogen and oxygen atoms in total. The topological polar surface area (TPSA) is 21.8 Å². The number of ether oxygens (including phenoxy) is 2. The summed E-state index contributed by atoms with van der Waals surface area (Å²) in [5.74, 6) is 1.63. The molecule has 1 aliphatic rings. The fourth-order valence-corrected chi connectivity index (χ4v) is 3.02. The van der Waals surface area contributed by atoms with Crippen LogP contribution in [0.3, 0.4) is 0 Å². The highest BCUT2D eigenvalue weighted by molar-refractivity contribution is 5.42. The van der Waals surface area contributed by atoms with Crippen LogP contribution in [0.2, 0.25) is 0 Å². The van der Waals surface area contributed by atoms with E-state index in [1.807, 2.05) is 0 Å². The molecule has 1 heterocycles. The summed E-state index contributed by atoms with van der Waals surface area (Å²) in [6.07, 6.45) is 4.24. The first-order chi connectivity index (χ1) is 10.4. The summed E-state index contributed by atoms with van der Waals surface area (Å²) in [6, 6.07) is 6.79. The van der Waals surface area contributed by atoms with E-state index < -0.39 is 0 Å². The average molecular weight is 304 g/mol. The number of rotatable bonds is 7. The van der Waals surface area contributed by atoms with Crippen LogP contribution in [-0.2, 0) is 10.2 Å². The van der Waals surface area contributed by atoms with Crippen LogP contribution < -0.4 is 4.74 Å². The molecule has 0 aliphatic carbocycles. The summed E-state index contributed by atoms with van der Waals surface area (Å²) in [5.41, 5.74) is 2.85. The van der Waals surface area contributed by atoms with E-state index in [-0.39, 0.29) is 5.41 Å². The van der Waals surface area contributed by atoms with Crippen molar-refractivity contribution in [2.24, 2.45) is 0 Å². The van der Waals surface area contributed by atoms with Crippen molar-refractivity contribution in [1.82, 2.24) is 0 Å². The van der Waals surface area contributed by atoms with E-state index in [4.69, 9.17) is 9.47 Å². The molecule has 3 unspecified atom stereocenters. The molecule has 124 valence electrons. The van der Waals surface area contributed by atoms with E-state index in [2.05, 4.69) is 59.7 Å². The Hall–Kier alpha value is -1.02. The lowest BCUT2D eigenvalue weighted by atomic mass is 9.82. The Kier molecular flexibility index (Phi) is 5.55. The summed E-state index contributed by atoms with van der Waals surface area (Å²) in [6.45, 7) is 14.2. The molecular weight excluding hydrogens is 272 g/mol. The maximum atomic E-state index is 5.97. The smallest absolute Gasteiger partial charge is 0.123 e. The molecule has 0 N–H and O–H groups in total. The Morgan fingerprint density at radius 2 is 1.91 bits per heavy atom. The Bertz CT molecular complexity index is 487. The standard InChI is InChI=1S/C20H32O2/c1-7-11-21-18-10-9-16(12-17(18)20(4,5)6)15(8-2)13-19-14(3)22-19/h9-10,12,14-15,19H,7-8,11,13H2,1-6H3. The summed E-state index contributed by atoms with van der Waals surface area (Å²) < 4.78 is 11.6. The molecular formula is C20H32O2. The summed E-state index contributed by atoms with van der Waals surface area (Å²) in [5, 5.41) is 0. The van der Waals surface area contributed by atoms with Gasteiger partial charge in [0.25, 0.3) is 0 Å². The van der Waals surface area contributed by atoms with Crippen LogP contribution in [0.1, 0.15) is 77.8 Å². The first-order valence-corrected chi connectivity index (χ1v) is 8.79. The van der Waals surface area contributed by atoms with Gasteiger partial charge in [-0.2, -0.15) is 0 Å². The number of hydrogen-bond donors (Lipinski definition) is 0. The van der Waals surface area contributed by atoms with Crippen molar-refractivity contribution < 1.29 is 9.47 Å². The van der Waals surface area contributed by atoms with Gasteiger partial charge >= 0.3 is 0 Å². The first-order valence-electron chi connectivity index (χ1n) is 8.79. The minimum Gasteiger partial charge on any atom is -0.493 e. The van der Waals surface area contributed by atoms with Crippen LogP contribution in [-0.4, -0.2) is 18.8 Å². The fraction of sp³-hybridized carbons (Fsp3) is 0.700. The van der Waals surface area contributed by atoms with Gasteiger partial charge in [0.1, 0.15) is 5.75 Å². The molecule has 22 heavy (non-hydrogen) atoms. The van der Waals surface area contributed by atoms with Crippen molar-refractivity contribution in [2.75, 3.05) is 6.61 Å². The maximum absolute atomic E-state index is 5.97. The molecule has 1 fully saturated rings. The molecule has 1 saturated heterocycles. The quantitative estimate of drug-likeness (QED) is 0.625. The molecule has 3 atom stereocenters. The van der Waals surface area contributed by atoms with Crippen LogP contribution in [0.25, 0.3) is 0 Å². The predicted molar refractivity (Wildman–Crippen MR) is 92.9 cm³/mol. The highest BCUT2D eigenvalue weighted by Gasteiger charge is 2.36. The van der Waals surface area contributed by atoms with Gasteiger partial charge in [0.15, 0.2) is 0 Å². The summed E-state index contributed by atoms with van der Waals surface area (Å²) in [7, 11) is 0. The highest BCUT2D eigenvalue weighted by Crippen LogP contribution is 2.38. The zero-order valence-corrected chi connectivity index (χ0v) is 15.1.